The minimum absolute atomic E-state index is 0.00646. The Labute approximate surface area is 158 Å². The van der Waals surface area contributed by atoms with E-state index < -0.39 is 32.6 Å². The number of carbonyl (C=O) groups is 1. The van der Waals surface area contributed by atoms with E-state index in [1.165, 1.54) is 32.2 Å². The quantitative estimate of drug-likeness (QED) is 0.758. The Hall–Kier alpha value is -2.46. The molecule has 27 heavy (non-hydrogen) atoms. The summed E-state index contributed by atoms with van der Waals surface area (Å²) >= 11 is 5.78. The van der Waals surface area contributed by atoms with E-state index in [0.717, 1.165) is 6.07 Å². The number of benzene rings is 2. The highest BCUT2D eigenvalue weighted by Gasteiger charge is 2.32. The molecule has 1 amide bonds. The van der Waals surface area contributed by atoms with Gasteiger partial charge >= 0.3 is 6.18 Å². The molecular formula is C16H14ClF3N2O4S. The van der Waals surface area contributed by atoms with Gasteiger partial charge in [0.05, 0.1) is 29.1 Å². The molecule has 0 spiro atoms. The fraction of sp³-hybridized carbons (Fsp3) is 0.188. The van der Waals surface area contributed by atoms with Crippen LogP contribution in [0, 0.1) is 0 Å². The first kappa shape index (κ1) is 20.8. The number of hydrogen-bond donors (Lipinski definition) is 2. The molecule has 0 atom stereocenters. The third kappa shape index (κ3) is 5.04. The van der Waals surface area contributed by atoms with Crippen LogP contribution in [0.1, 0.15) is 12.5 Å². The number of sulfonamides is 1. The van der Waals surface area contributed by atoms with Crippen LogP contribution in [0.15, 0.2) is 41.3 Å². The molecule has 2 N–H and O–H groups in total. The van der Waals surface area contributed by atoms with Crippen molar-refractivity contribution in [3.8, 4) is 5.75 Å². The van der Waals surface area contributed by atoms with Crippen molar-refractivity contribution in [2.24, 2.45) is 0 Å². The second-order valence-electron chi connectivity index (χ2n) is 5.34. The van der Waals surface area contributed by atoms with Crippen LogP contribution in [-0.4, -0.2) is 21.4 Å². The SMILES string of the molecule is COc1ccc(NS(=O)(=O)c2cc(C(F)(F)F)ccc2Cl)cc1NC(C)=O. The molecule has 0 aromatic heterocycles. The molecule has 0 radical (unpaired) electrons. The highest BCUT2D eigenvalue weighted by Crippen LogP contribution is 2.34. The summed E-state index contributed by atoms with van der Waals surface area (Å²) in [7, 11) is -3.07. The summed E-state index contributed by atoms with van der Waals surface area (Å²) in [5, 5.41) is 2.09. The summed E-state index contributed by atoms with van der Waals surface area (Å²) in [6, 6.07) is 5.96. The average molecular weight is 423 g/mol. The topological polar surface area (TPSA) is 84.5 Å². The number of alkyl halides is 3. The van der Waals surface area contributed by atoms with Gasteiger partial charge in [0, 0.05) is 6.92 Å². The van der Waals surface area contributed by atoms with Crippen molar-refractivity contribution in [1.29, 1.82) is 0 Å². The second kappa shape index (κ2) is 7.65. The standard InChI is InChI=1S/C16H14ClF3N2O4S/c1-9(23)21-13-8-11(4-6-14(13)26-2)22-27(24,25)15-7-10(16(18,19)20)3-5-12(15)17/h3-8,22H,1-2H3,(H,21,23). The predicted octanol–water partition coefficient (Wildman–Crippen LogP) is 4.13. The molecular weight excluding hydrogens is 409 g/mol. The lowest BCUT2D eigenvalue weighted by Gasteiger charge is -2.14. The third-order valence-corrected chi connectivity index (χ3v) is 5.17. The third-order valence-electron chi connectivity index (χ3n) is 3.31. The Bertz CT molecular complexity index is 978. The molecule has 6 nitrogen and oxygen atoms in total. The van der Waals surface area contributed by atoms with Gasteiger partial charge in [0.1, 0.15) is 10.6 Å². The van der Waals surface area contributed by atoms with E-state index in [-0.39, 0.29) is 22.1 Å². The first-order valence-corrected chi connectivity index (χ1v) is 9.15. The fourth-order valence-corrected chi connectivity index (χ4v) is 3.73. The van der Waals surface area contributed by atoms with Crippen LogP contribution in [0.3, 0.4) is 0 Å². The highest BCUT2D eigenvalue weighted by molar-refractivity contribution is 7.92. The van der Waals surface area contributed by atoms with Gasteiger partial charge in [-0.15, -0.1) is 0 Å². The van der Waals surface area contributed by atoms with E-state index in [4.69, 9.17) is 16.3 Å². The number of carbonyl (C=O) groups excluding carboxylic acids is 1. The molecule has 0 bridgehead atoms. The van der Waals surface area contributed by atoms with E-state index in [1.807, 2.05) is 0 Å². The van der Waals surface area contributed by atoms with Crippen LogP contribution < -0.4 is 14.8 Å². The number of methoxy groups -OCH3 is 1. The van der Waals surface area contributed by atoms with Crippen molar-refractivity contribution >= 4 is 38.9 Å². The number of rotatable bonds is 5. The summed E-state index contributed by atoms with van der Waals surface area (Å²) in [5.74, 6) is -0.153. The summed E-state index contributed by atoms with van der Waals surface area (Å²) in [6.45, 7) is 1.25. The van der Waals surface area contributed by atoms with E-state index >= 15 is 0 Å². The maximum absolute atomic E-state index is 12.9. The molecule has 0 heterocycles. The number of halogens is 4. The lowest BCUT2D eigenvalue weighted by molar-refractivity contribution is -0.137. The van der Waals surface area contributed by atoms with E-state index in [0.29, 0.717) is 12.1 Å². The van der Waals surface area contributed by atoms with Gasteiger partial charge in [-0.2, -0.15) is 13.2 Å². The predicted molar refractivity (Wildman–Crippen MR) is 94.6 cm³/mol. The van der Waals surface area contributed by atoms with Crippen molar-refractivity contribution in [3.05, 3.63) is 47.0 Å². The lowest BCUT2D eigenvalue weighted by Crippen LogP contribution is -2.16. The smallest absolute Gasteiger partial charge is 0.416 e. The number of hydrogen-bond acceptors (Lipinski definition) is 4. The van der Waals surface area contributed by atoms with Crippen molar-refractivity contribution in [1.82, 2.24) is 0 Å². The van der Waals surface area contributed by atoms with Gasteiger partial charge in [0.2, 0.25) is 5.91 Å². The van der Waals surface area contributed by atoms with Crippen LogP contribution in [0.5, 0.6) is 5.75 Å². The number of ether oxygens (including phenoxy) is 1. The zero-order valence-corrected chi connectivity index (χ0v) is 15.6. The zero-order valence-electron chi connectivity index (χ0n) is 14.0. The Morgan fingerprint density at radius 3 is 2.37 bits per heavy atom. The molecule has 2 aromatic carbocycles. The summed E-state index contributed by atoms with van der Waals surface area (Å²) in [5.41, 5.74) is -0.977. The molecule has 0 saturated heterocycles. The van der Waals surface area contributed by atoms with Crippen LogP contribution >= 0.6 is 11.6 Å². The van der Waals surface area contributed by atoms with Gasteiger partial charge in [-0.25, -0.2) is 8.42 Å². The Morgan fingerprint density at radius 2 is 1.81 bits per heavy atom. The van der Waals surface area contributed by atoms with Gasteiger partial charge in [-0.05, 0) is 36.4 Å². The molecule has 11 heteroatoms. The first-order chi connectivity index (χ1) is 12.4. The molecule has 2 rings (SSSR count). The molecule has 0 fully saturated rings. The number of anilines is 2. The van der Waals surface area contributed by atoms with Crippen molar-refractivity contribution in [2.75, 3.05) is 17.1 Å². The minimum Gasteiger partial charge on any atom is -0.495 e. The Kier molecular flexibility index (Phi) is 5.91. The summed E-state index contributed by atoms with van der Waals surface area (Å²) in [4.78, 5) is 10.5. The van der Waals surface area contributed by atoms with Crippen LogP contribution in [0.4, 0.5) is 24.5 Å². The largest absolute Gasteiger partial charge is 0.495 e. The maximum atomic E-state index is 12.9. The molecule has 0 aliphatic rings. The highest BCUT2D eigenvalue weighted by atomic mass is 35.5. The first-order valence-electron chi connectivity index (χ1n) is 7.29. The van der Waals surface area contributed by atoms with Crippen molar-refractivity contribution in [3.63, 3.8) is 0 Å². The number of amides is 1. The average Bonchev–Trinajstić information content (AvgIpc) is 2.53. The van der Waals surface area contributed by atoms with E-state index in [1.54, 1.807) is 0 Å². The molecule has 0 aliphatic carbocycles. The van der Waals surface area contributed by atoms with Gasteiger partial charge in [-0.1, -0.05) is 11.6 Å². The van der Waals surface area contributed by atoms with Crippen molar-refractivity contribution < 1.29 is 31.1 Å². The second-order valence-corrected chi connectivity index (χ2v) is 7.40. The van der Waals surface area contributed by atoms with Crippen LogP contribution in [-0.2, 0) is 21.0 Å². The lowest BCUT2D eigenvalue weighted by atomic mass is 10.2. The Morgan fingerprint density at radius 1 is 1.15 bits per heavy atom. The van der Waals surface area contributed by atoms with E-state index in [9.17, 15) is 26.4 Å². The van der Waals surface area contributed by atoms with E-state index in [2.05, 4.69) is 10.0 Å². The number of nitrogens with one attached hydrogen (secondary N) is 2. The molecule has 0 aliphatic heterocycles. The Balaban J connectivity index is 2.43. The minimum atomic E-state index is -4.73. The fourth-order valence-electron chi connectivity index (χ4n) is 2.15. The van der Waals surface area contributed by atoms with Gasteiger partial charge in [-0.3, -0.25) is 9.52 Å². The summed E-state index contributed by atoms with van der Waals surface area (Å²) < 4.78 is 70.8. The van der Waals surface area contributed by atoms with Crippen LogP contribution in [0.2, 0.25) is 5.02 Å². The van der Waals surface area contributed by atoms with Gasteiger partial charge < -0.3 is 10.1 Å². The summed E-state index contributed by atoms with van der Waals surface area (Å²) in [6.07, 6.45) is -4.73. The maximum Gasteiger partial charge on any atom is 0.416 e. The molecule has 146 valence electrons. The molecule has 2 aromatic rings. The zero-order chi connectivity index (χ0) is 20.4. The van der Waals surface area contributed by atoms with Crippen molar-refractivity contribution in [2.45, 2.75) is 18.0 Å². The van der Waals surface area contributed by atoms with Crippen LogP contribution in [0.25, 0.3) is 0 Å². The molecule has 0 saturated carbocycles. The van der Waals surface area contributed by atoms with Gasteiger partial charge in [0.15, 0.2) is 0 Å². The molecule has 0 unspecified atom stereocenters. The normalized spacial score (nSPS) is 11.8. The van der Waals surface area contributed by atoms with Gasteiger partial charge in [0.25, 0.3) is 10.0 Å². The monoisotopic (exact) mass is 422 g/mol.